The molecular formula is C20H20BFO5. The van der Waals surface area contributed by atoms with Crippen molar-refractivity contribution in [1.82, 2.24) is 0 Å². The first-order valence-corrected chi connectivity index (χ1v) is 8.72. The van der Waals surface area contributed by atoms with Crippen LogP contribution >= 0.6 is 0 Å². The zero-order valence-corrected chi connectivity index (χ0v) is 15.9. The van der Waals surface area contributed by atoms with Gasteiger partial charge in [-0.3, -0.25) is 4.79 Å². The second-order valence-corrected chi connectivity index (χ2v) is 7.76. The van der Waals surface area contributed by atoms with Gasteiger partial charge in [-0.15, -0.1) is 0 Å². The average molecular weight is 370 g/mol. The van der Waals surface area contributed by atoms with Gasteiger partial charge in [-0.05, 0) is 57.4 Å². The van der Waals surface area contributed by atoms with E-state index in [1.54, 1.807) is 12.1 Å². The maximum Gasteiger partial charge on any atom is 0.494 e. The lowest BCUT2D eigenvalue weighted by molar-refractivity contribution is 0.00578. The topological polar surface area (TPSA) is 57.9 Å². The summed E-state index contributed by atoms with van der Waals surface area (Å²) in [6, 6.07) is 7.26. The molecule has 140 valence electrons. The summed E-state index contributed by atoms with van der Waals surface area (Å²) in [7, 11) is 0.843. The van der Waals surface area contributed by atoms with E-state index >= 15 is 0 Å². The summed E-state index contributed by atoms with van der Waals surface area (Å²) in [6.07, 6.45) is 0. The minimum absolute atomic E-state index is 0.175. The molecule has 1 saturated heterocycles. The van der Waals surface area contributed by atoms with Crippen molar-refractivity contribution in [2.24, 2.45) is 0 Å². The summed E-state index contributed by atoms with van der Waals surface area (Å²) < 4.78 is 36.9. The molecule has 0 spiro atoms. The highest BCUT2D eigenvalue weighted by Crippen LogP contribution is 2.37. The minimum Gasteiger partial charge on any atom is -0.493 e. The Labute approximate surface area is 156 Å². The summed E-state index contributed by atoms with van der Waals surface area (Å²) in [5, 5.41) is 0.634. The van der Waals surface area contributed by atoms with Crippen LogP contribution in [0, 0.1) is 5.82 Å². The van der Waals surface area contributed by atoms with Crippen molar-refractivity contribution in [3.05, 3.63) is 46.4 Å². The molecule has 1 aliphatic heterocycles. The Hall–Kier alpha value is -2.38. The molecule has 0 radical (unpaired) electrons. The number of ether oxygens (including phenoxy) is 1. The molecule has 2 aromatic carbocycles. The van der Waals surface area contributed by atoms with Gasteiger partial charge in [-0.2, -0.15) is 0 Å². The lowest BCUT2D eigenvalue weighted by atomic mass is 9.78. The molecule has 0 bridgehead atoms. The van der Waals surface area contributed by atoms with Crippen molar-refractivity contribution in [3.8, 4) is 5.75 Å². The van der Waals surface area contributed by atoms with Gasteiger partial charge in [-0.1, -0.05) is 0 Å². The predicted octanol–water partition coefficient (Wildman–Crippen LogP) is 3.39. The van der Waals surface area contributed by atoms with Crippen LogP contribution in [0.5, 0.6) is 5.75 Å². The second-order valence-electron chi connectivity index (χ2n) is 7.76. The van der Waals surface area contributed by atoms with E-state index in [9.17, 15) is 9.18 Å². The molecule has 0 saturated carbocycles. The molecule has 4 rings (SSSR count). The Kier molecular flexibility index (Phi) is 3.88. The summed E-state index contributed by atoms with van der Waals surface area (Å²) in [6.45, 7) is 7.84. The van der Waals surface area contributed by atoms with Crippen molar-refractivity contribution < 1.29 is 22.9 Å². The largest absolute Gasteiger partial charge is 0.494 e. The van der Waals surface area contributed by atoms with Crippen LogP contribution in [0.4, 0.5) is 4.39 Å². The monoisotopic (exact) mass is 370 g/mol. The molecule has 27 heavy (non-hydrogen) atoms. The maximum absolute atomic E-state index is 13.5. The highest BCUT2D eigenvalue weighted by molar-refractivity contribution is 6.62. The number of fused-ring (bicyclic) bond motifs is 2. The van der Waals surface area contributed by atoms with Gasteiger partial charge in [0, 0.05) is 6.07 Å². The Morgan fingerprint density at radius 1 is 1.00 bits per heavy atom. The third-order valence-electron chi connectivity index (χ3n) is 5.47. The molecule has 0 atom stereocenters. The highest BCUT2D eigenvalue weighted by atomic mass is 19.1. The van der Waals surface area contributed by atoms with Crippen LogP contribution < -0.4 is 15.6 Å². The summed E-state index contributed by atoms with van der Waals surface area (Å²) >= 11 is 0. The van der Waals surface area contributed by atoms with Crippen LogP contribution in [-0.2, 0) is 9.31 Å². The fourth-order valence-electron chi connectivity index (χ4n) is 3.19. The van der Waals surface area contributed by atoms with Gasteiger partial charge in [0.2, 0.25) is 5.43 Å². The van der Waals surface area contributed by atoms with Crippen LogP contribution in [0.1, 0.15) is 27.7 Å². The molecule has 3 aromatic rings. The van der Waals surface area contributed by atoms with Crippen molar-refractivity contribution in [1.29, 1.82) is 0 Å². The third-order valence-corrected chi connectivity index (χ3v) is 5.47. The Morgan fingerprint density at radius 2 is 1.67 bits per heavy atom. The zero-order chi connectivity index (χ0) is 19.6. The molecule has 1 aliphatic rings. The smallest absolute Gasteiger partial charge is 0.493 e. The first kappa shape index (κ1) is 18.0. The van der Waals surface area contributed by atoms with Crippen LogP contribution in [0.2, 0.25) is 0 Å². The van der Waals surface area contributed by atoms with Gasteiger partial charge in [0.25, 0.3) is 0 Å². The molecule has 0 aliphatic carbocycles. The minimum atomic E-state index is -0.642. The van der Waals surface area contributed by atoms with Gasteiger partial charge in [0.15, 0.2) is 11.3 Å². The van der Waals surface area contributed by atoms with E-state index in [4.69, 9.17) is 18.5 Å². The SMILES string of the molecule is COc1cc(B2OC(C)(C)C(C)(C)O2)cc2c(=O)c3ccc(F)cc3oc12. The van der Waals surface area contributed by atoms with Gasteiger partial charge in [0.1, 0.15) is 11.4 Å². The number of halogens is 1. The molecule has 1 fully saturated rings. The van der Waals surface area contributed by atoms with E-state index in [-0.39, 0.29) is 16.6 Å². The summed E-state index contributed by atoms with van der Waals surface area (Å²) in [5.41, 5.74) is -0.179. The first-order chi connectivity index (χ1) is 12.6. The summed E-state index contributed by atoms with van der Waals surface area (Å²) in [5.74, 6) is -0.113. The fourth-order valence-corrected chi connectivity index (χ4v) is 3.19. The van der Waals surface area contributed by atoms with Crippen LogP contribution in [0.3, 0.4) is 0 Å². The average Bonchev–Trinajstić information content (AvgIpc) is 2.82. The van der Waals surface area contributed by atoms with E-state index in [0.29, 0.717) is 22.0 Å². The van der Waals surface area contributed by atoms with Gasteiger partial charge < -0.3 is 18.5 Å². The van der Waals surface area contributed by atoms with E-state index in [1.807, 2.05) is 27.7 Å². The molecular weight excluding hydrogens is 350 g/mol. The Morgan fingerprint density at radius 3 is 2.30 bits per heavy atom. The molecule has 0 N–H and O–H groups in total. The van der Waals surface area contributed by atoms with E-state index in [0.717, 1.165) is 0 Å². The maximum atomic E-state index is 13.5. The van der Waals surface area contributed by atoms with Crippen molar-refractivity contribution >= 4 is 34.5 Å². The molecule has 5 nitrogen and oxygen atoms in total. The highest BCUT2D eigenvalue weighted by Gasteiger charge is 2.51. The third kappa shape index (κ3) is 2.73. The van der Waals surface area contributed by atoms with Crippen molar-refractivity contribution in [2.75, 3.05) is 7.11 Å². The Balaban J connectivity index is 1.95. The predicted molar refractivity (Wildman–Crippen MR) is 102 cm³/mol. The van der Waals surface area contributed by atoms with Crippen LogP contribution in [0.25, 0.3) is 21.9 Å². The Bertz CT molecular complexity index is 1100. The van der Waals surface area contributed by atoms with E-state index in [2.05, 4.69) is 0 Å². The van der Waals surface area contributed by atoms with E-state index < -0.39 is 24.1 Å². The van der Waals surface area contributed by atoms with Gasteiger partial charge >= 0.3 is 7.12 Å². The van der Waals surface area contributed by atoms with E-state index in [1.165, 1.54) is 25.3 Å². The summed E-state index contributed by atoms with van der Waals surface area (Å²) in [4.78, 5) is 13.0. The normalized spacial score (nSPS) is 18.4. The quantitative estimate of drug-likeness (QED) is 0.511. The first-order valence-electron chi connectivity index (χ1n) is 8.72. The van der Waals surface area contributed by atoms with Crippen molar-refractivity contribution in [2.45, 2.75) is 38.9 Å². The van der Waals surface area contributed by atoms with Gasteiger partial charge in [0.05, 0.1) is 29.1 Å². The second kappa shape index (κ2) is 5.81. The molecule has 1 aromatic heterocycles. The lowest BCUT2D eigenvalue weighted by Gasteiger charge is -2.32. The molecule has 0 amide bonds. The fraction of sp³-hybridized carbons (Fsp3) is 0.350. The van der Waals surface area contributed by atoms with Crippen molar-refractivity contribution in [3.63, 3.8) is 0 Å². The lowest BCUT2D eigenvalue weighted by Crippen LogP contribution is -2.41. The zero-order valence-electron chi connectivity index (χ0n) is 15.9. The number of hydrogen-bond donors (Lipinski definition) is 0. The van der Waals surface area contributed by atoms with Gasteiger partial charge in [-0.25, -0.2) is 4.39 Å². The number of benzene rings is 2. The van der Waals surface area contributed by atoms with Crippen LogP contribution in [-0.4, -0.2) is 25.4 Å². The molecule has 2 heterocycles. The number of methoxy groups -OCH3 is 1. The molecule has 0 unspecified atom stereocenters. The molecule has 7 heteroatoms. The standard InChI is InChI=1S/C20H20BFO5/c1-19(2)20(3,4)27-21(26-19)11-8-14-17(23)13-7-6-12(22)10-15(13)25-18(14)16(9-11)24-5/h6-10H,1-5H3. The number of rotatable bonds is 2. The number of hydrogen-bond acceptors (Lipinski definition) is 5. The van der Waals surface area contributed by atoms with Crippen LogP contribution in [0.15, 0.2) is 39.5 Å².